The Kier molecular flexibility index (Phi) is 1.97. The fourth-order valence-corrected chi connectivity index (χ4v) is 2.14. The molecule has 5 heteroatoms. The van der Waals surface area contributed by atoms with E-state index in [9.17, 15) is 0 Å². The van der Waals surface area contributed by atoms with Crippen LogP contribution in [0, 0.1) is 0 Å². The van der Waals surface area contributed by atoms with Crippen LogP contribution in [-0.2, 0) is 0 Å². The SMILES string of the molecule is Clc1ccc2nc(-c3cscn3)cn2c1. The highest BCUT2D eigenvalue weighted by molar-refractivity contribution is 7.07. The first kappa shape index (κ1) is 8.88. The number of fused-ring (bicyclic) bond motifs is 1. The standard InChI is InChI=1S/C10H6ClN3S/c11-7-1-2-10-13-8(4-14(10)3-7)9-5-15-6-12-9/h1-6H. The van der Waals surface area contributed by atoms with Crippen molar-refractivity contribution in [3.63, 3.8) is 0 Å². The van der Waals surface area contributed by atoms with Crippen molar-refractivity contribution in [2.45, 2.75) is 0 Å². The van der Waals surface area contributed by atoms with Crippen molar-refractivity contribution < 1.29 is 0 Å². The van der Waals surface area contributed by atoms with Gasteiger partial charge in [0.15, 0.2) is 0 Å². The van der Waals surface area contributed by atoms with Crippen molar-refractivity contribution in [2.24, 2.45) is 0 Å². The van der Waals surface area contributed by atoms with Gasteiger partial charge in [-0.3, -0.25) is 0 Å². The van der Waals surface area contributed by atoms with Crippen molar-refractivity contribution in [3.8, 4) is 11.4 Å². The first-order chi connectivity index (χ1) is 7.33. The summed E-state index contributed by atoms with van der Waals surface area (Å²) in [7, 11) is 0. The van der Waals surface area contributed by atoms with Crippen LogP contribution in [0.2, 0.25) is 5.02 Å². The molecular weight excluding hydrogens is 230 g/mol. The summed E-state index contributed by atoms with van der Waals surface area (Å²) in [6.07, 6.45) is 3.76. The number of nitrogens with zero attached hydrogens (tertiary/aromatic N) is 3. The predicted molar refractivity (Wildman–Crippen MR) is 61.3 cm³/mol. The summed E-state index contributed by atoms with van der Waals surface area (Å²) in [6.45, 7) is 0. The minimum atomic E-state index is 0.699. The normalized spacial score (nSPS) is 11.0. The minimum absolute atomic E-state index is 0.699. The Labute approximate surface area is 95.0 Å². The number of hydrogen-bond donors (Lipinski definition) is 0. The molecule has 0 saturated carbocycles. The molecule has 0 saturated heterocycles. The molecule has 0 radical (unpaired) electrons. The zero-order chi connectivity index (χ0) is 10.3. The summed E-state index contributed by atoms with van der Waals surface area (Å²) in [6, 6.07) is 3.72. The molecule has 74 valence electrons. The van der Waals surface area contributed by atoms with Crippen LogP contribution in [0.3, 0.4) is 0 Å². The maximum Gasteiger partial charge on any atom is 0.137 e. The predicted octanol–water partition coefficient (Wildman–Crippen LogP) is 3.11. The molecule has 3 nitrogen and oxygen atoms in total. The highest BCUT2D eigenvalue weighted by atomic mass is 35.5. The molecule has 3 aromatic rings. The molecule has 0 atom stereocenters. The number of rotatable bonds is 1. The highest BCUT2D eigenvalue weighted by Gasteiger charge is 2.05. The van der Waals surface area contributed by atoms with Crippen molar-refractivity contribution >= 4 is 28.6 Å². The van der Waals surface area contributed by atoms with E-state index in [-0.39, 0.29) is 0 Å². The molecule has 0 fully saturated rings. The first-order valence-electron chi connectivity index (χ1n) is 4.36. The molecule has 15 heavy (non-hydrogen) atoms. The maximum atomic E-state index is 5.89. The lowest BCUT2D eigenvalue weighted by atomic mass is 10.4. The van der Waals surface area contributed by atoms with Crippen LogP contribution in [-0.4, -0.2) is 14.4 Å². The number of hydrogen-bond acceptors (Lipinski definition) is 3. The van der Waals surface area contributed by atoms with E-state index < -0.39 is 0 Å². The van der Waals surface area contributed by atoms with Crippen LogP contribution in [0.1, 0.15) is 0 Å². The zero-order valence-electron chi connectivity index (χ0n) is 7.59. The number of pyridine rings is 1. The van der Waals surface area contributed by atoms with Crippen LogP contribution in [0.4, 0.5) is 0 Å². The third kappa shape index (κ3) is 1.52. The van der Waals surface area contributed by atoms with Gasteiger partial charge in [0.05, 0.1) is 10.5 Å². The van der Waals surface area contributed by atoms with Gasteiger partial charge < -0.3 is 4.40 Å². The van der Waals surface area contributed by atoms with E-state index in [2.05, 4.69) is 9.97 Å². The molecule has 3 aromatic heterocycles. The first-order valence-corrected chi connectivity index (χ1v) is 5.68. The Hall–Kier alpha value is -1.39. The number of aromatic nitrogens is 3. The van der Waals surface area contributed by atoms with Crippen molar-refractivity contribution in [2.75, 3.05) is 0 Å². The summed E-state index contributed by atoms with van der Waals surface area (Å²) >= 11 is 7.45. The van der Waals surface area contributed by atoms with Crippen molar-refractivity contribution in [3.05, 3.63) is 40.4 Å². The molecule has 3 heterocycles. The molecule has 0 N–H and O–H groups in total. The van der Waals surface area contributed by atoms with Gasteiger partial charge in [0.2, 0.25) is 0 Å². The molecular formula is C10H6ClN3S. The molecule has 0 spiro atoms. The van der Waals surface area contributed by atoms with Gasteiger partial charge in [0.1, 0.15) is 17.0 Å². The summed E-state index contributed by atoms with van der Waals surface area (Å²) in [5.41, 5.74) is 4.45. The highest BCUT2D eigenvalue weighted by Crippen LogP contribution is 2.20. The van der Waals surface area contributed by atoms with Gasteiger partial charge >= 0.3 is 0 Å². The topological polar surface area (TPSA) is 30.2 Å². The van der Waals surface area contributed by atoms with E-state index in [1.807, 2.05) is 34.3 Å². The third-order valence-electron chi connectivity index (χ3n) is 2.11. The summed E-state index contributed by atoms with van der Waals surface area (Å²) in [5.74, 6) is 0. The second kappa shape index (κ2) is 3.32. The lowest BCUT2D eigenvalue weighted by Gasteiger charge is -1.91. The minimum Gasteiger partial charge on any atom is -0.305 e. The smallest absolute Gasteiger partial charge is 0.137 e. The number of imidazole rings is 1. The van der Waals surface area contributed by atoms with Gasteiger partial charge in [0, 0.05) is 17.8 Å². The Morgan fingerprint density at radius 1 is 1.20 bits per heavy atom. The molecule has 3 rings (SSSR count). The Morgan fingerprint density at radius 3 is 2.93 bits per heavy atom. The fourth-order valence-electron chi connectivity index (χ4n) is 1.43. The van der Waals surface area contributed by atoms with E-state index in [1.165, 1.54) is 0 Å². The van der Waals surface area contributed by atoms with Crippen LogP contribution in [0.15, 0.2) is 35.4 Å². The third-order valence-corrected chi connectivity index (χ3v) is 2.92. The molecule has 0 aliphatic carbocycles. The Balaban J connectivity index is 2.22. The van der Waals surface area contributed by atoms with Crippen LogP contribution < -0.4 is 0 Å². The Morgan fingerprint density at radius 2 is 2.13 bits per heavy atom. The number of halogens is 1. The molecule has 0 unspecified atom stereocenters. The monoisotopic (exact) mass is 235 g/mol. The zero-order valence-corrected chi connectivity index (χ0v) is 9.16. The van der Waals surface area contributed by atoms with E-state index in [0.29, 0.717) is 5.02 Å². The molecule has 0 amide bonds. The fraction of sp³-hybridized carbons (Fsp3) is 0. The van der Waals surface area contributed by atoms with E-state index in [4.69, 9.17) is 11.6 Å². The van der Waals surface area contributed by atoms with Gasteiger partial charge in [-0.25, -0.2) is 9.97 Å². The molecule has 0 bridgehead atoms. The van der Waals surface area contributed by atoms with Gasteiger partial charge in [-0.05, 0) is 12.1 Å². The van der Waals surface area contributed by atoms with Gasteiger partial charge in [-0.15, -0.1) is 11.3 Å². The average Bonchev–Trinajstić information content (AvgIpc) is 2.84. The molecule has 0 aromatic carbocycles. The largest absolute Gasteiger partial charge is 0.305 e. The van der Waals surface area contributed by atoms with Gasteiger partial charge in [-0.1, -0.05) is 11.6 Å². The van der Waals surface area contributed by atoms with E-state index in [0.717, 1.165) is 17.0 Å². The van der Waals surface area contributed by atoms with E-state index >= 15 is 0 Å². The lowest BCUT2D eigenvalue weighted by Crippen LogP contribution is -1.79. The average molecular weight is 236 g/mol. The van der Waals surface area contributed by atoms with Crippen LogP contribution in [0.25, 0.3) is 17.0 Å². The van der Waals surface area contributed by atoms with Gasteiger partial charge in [0.25, 0.3) is 0 Å². The van der Waals surface area contributed by atoms with Gasteiger partial charge in [-0.2, -0.15) is 0 Å². The maximum absolute atomic E-state index is 5.89. The van der Waals surface area contributed by atoms with E-state index in [1.54, 1.807) is 16.8 Å². The Bertz CT molecular complexity index is 600. The van der Waals surface area contributed by atoms with Crippen molar-refractivity contribution in [1.29, 1.82) is 0 Å². The second-order valence-electron chi connectivity index (χ2n) is 3.11. The summed E-state index contributed by atoms with van der Waals surface area (Å²) in [4.78, 5) is 8.66. The number of thiazole rings is 1. The lowest BCUT2D eigenvalue weighted by molar-refractivity contribution is 1.19. The molecule has 0 aliphatic heterocycles. The van der Waals surface area contributed by atoms with Crippen LogP contribution in [0.5, 0.6) is 0 Å². The van der Waals surface area contributed by atoms with Crippen molar-refractivity contribution in [1.82, 2.24) is 14.4 Å². The summed E-state index contributed by atoms with van der Waals surface area (Å²) < 4.78 is 1.90. The molecule has 0 aliphatic rings. The summed E-state index contributed by atoms with van der Waals surface area (Å²) in [5, 5.41) is 2.67. The second-order valence-corrected chi connectivity index (χ2v) is 4.27. The van der Waals surface area contributed by atoms with Crippen LogP contribution >= 0.6 is 22.9 Å². The quantitative estimate of drug-likeness (QED) is 0.649.